The van der Waals surface area contributed by atoms with E-state index in [1.165, 1.54) is 0 Å². The minimum absolute atomic E-state index is 0.0719. The van der Waals surface area contributed by atoms with Gasteiger partial charge in [0, 0.05) is 7.05 Å². The zero-order valence-corrected chi connectivity index (χ0v) is 14.5. The Morgan fingerprint density at radius 2 is 1.83 bits per heavy atom. The average molecular weight is 318 g/mol. The van der Waals surface area contributed by atoms with Crippen LogP contribution in [0.2, 0.25) is 0 Å². The molecule has 0 unspecified atom stereocenters. The number of carbonyl (C=O) groups excluding carboxylic acids is 2. The highest BCUT2D eigenvalue weighted by Crippen LogP contribution is 2.35. The second-order valence-electron chi connectivity index (χ2n) is 7.06. The van der Waals surface area contributed by atoms with Crippen molar-refractivity contribution in [2.24, 2.45) is 5.92 Å². The van der Waals surface area contributed by atoms with Crippen molar-refractivity contribution in [3.05, 3.63) is 35.9 Å². The van der Waals surface area contributed by atoms with E-state index in [-0.39, 0.29) is 11.8 Å². The lowest BCUT2D eigenvalue weighted by molar-refractivity contribution is -0.149. The third-order valence-electron chi connectivity index (χ3n) is 4.62. The topological polar surface area (TPSA) is 60.9 Å². The molecule has 1 fully saturated rings. The monoisotopic (exact) mass is 318 g/mol. The Morgan fingerprint density at radius 3 is 2.35 bits per heavy atom. The number of likely N-dealkylation sites (N-methyl/N-ethyl adjacent to an activating group) is 1. The van der Waals surface area contributed by atoms with Crippen molar-refractivity contribution in [2.75, 3.05) is 7.05 Å². The minimum Gasteiger partial charge on any atom is -0.378 e. The van der Waals surface area contributed by atoms with Crippen molar-refractivity contribution < 1.29 is 14.7 Å². The predicted octanol–water partition coefficient (Wildman–Crippen LogP) is 2.17. The zero-order chi connectivity index (χ0) is 17.4. The van der Waals surface area contributed by atoms with Gasteiger partial charge < -0.3 is 14.9 Å². The lowest BCUT2D eigenvalue weighted by atomic mass is 10.00. The normalized spacial score (nSPS) is 21.9. The van der Waals surface area contributed by atoms with Crippen LogP contribution in [-0.4, -0.2) is 45.5 Å². The molecule has 0 spiro atoms. The molecule has 1 aromatic rings. The Hall–Kier alpha value is -1.88. The Kier molecular flexibility index (Phi) is 4.80. The maximum absolute atomic E-state index is 12.9. The number of hydrogen-bond donors (Lipinski definition) is 1. The highest BCUT2D eigenvalue weighted by Gasteiger charge is 2.52. The van der Waals surface area contributed by atoms with Crippen LogP contribution in [0.5, 0.6) is 0 Å². The fourth-order valence-electron chi connectivity index (χ4n) is 3.13. The molecule has 1 saturated heterocycles. The van der Waals surface area contributed by atoms with Crippen molar-refractivity contribution >= 4 is 11.8 Å². The zero-order valence-electron chi connectivity index (χ0n) is 14.5. The van der Waals surface area contributed by atoms with E-state index in [0.29, 0.717) is 12.0 Å². The number of amides is 2. The summed E-state index contributed by atoms with van der Waals surface area (Å²) < 4.78 is 0. The second-order valence-corrected chi connectivity index (χ2v) is 7.06. The van der Waals surface area contributed by atoms with E-state index in [2.05, 4.69) is 0 Å². The lowest BCUT2D eigenvalue weighted by Crippen LogP contribution is -2.53. The smallest absolute Gasteiger partial charge is 0.258 e. The largest absolute Gasteiger partial charge is 0.378 e. The Morgan fingerprint density at radius 1 is 1.26 bits per heavy atom. The molecule has 0 aromatic heterocycles. The first kappa shape index (κ1) is 17.5. The lowest BCUT2D eigenvalue weighted by Gasteiger charge is -2.38. The summed E-state index contributed by atoms with van der Waals surface area (Å²) in [7, 11) is 1.71. The van der Waals surface area contributed by atoms with Crippen molar-refractivity contribution in [1.29, 1.82) is 0 Å². The van der Waals surface area contributed by atoms with E-state index in [1.807, 2.05) is 33.8 Å². The third kappa shape index (κ3) is 3.11. The van der Waals surface area contributed by atoms with E-state index < -0.39 is 23.7 Å². The van der Waals surface area contributed by atoms with Crippen molar-refractivity contribution in [2.45, 2.75) is 51.9 Å². The van der Waals surface area contributed by atoms with Gasteiger partial charge in [0.15, 0.2) is 6.10 Å². The van der Waals surface area contributed by atoms with Crippen molar-refractivity contribution in [3.63, 3.8) is 0 Å². The molecule has 2 atom stereocenters. The standard InChI is InChI=1S/C18H26N2O3/c1-12(2)11-14-16(22)19(5)18(3,4)20(14)17(23)15(21)13-9-7-6-8-10-13/h6-10,12,14-15,21H,11H2,1-5H3/t14-,15+/m0/s1. The van der Waals surface area contributed by atoms with Crippen molar-refractivity contribution in [1.82, 2.24) is 9.80 Å². The van der Waals surface area contributed by atoms with Gasteiger partial charge in [-0.15, -0.1) is 0 Å². The predicted molar refractivity (Wildman–Crippen MR) is 88.3 cm³/mol. The SMILES string of the molecule is CC(C)C[C@H]1C(=O)N(C)C(C)(C)N1C(=O)[C@H](O)c1ccccc1. The molecule has 1 aliphatic rings. The summed E-state index contributed by atoms with van der Waals surface area (Å²) in [6.07, 6.45) is -0.677. The maximum atomic E-state index is 12.9. The number of hydrogen-bond acceptors (Lipinski definition) is 3. The van der Waals surface area contributed by atoms with Crippen LogP contribution in [0, 0.1) is 5.92 Å². The van der Waals surface area contributed by atoms with Crippen LogP contribution < -0.4 is 0 Å². The fourth-order valence-corrected chi connectivity index (χ4v) is 3.13. The van der Waals surface area contributed by atoms with Gasteiger partial charge in [0.1, 0.15) is 11.7 Å². The Labute approximate surface area is 137 Å². The maximum Gasteiger partial charge on any atom is 0.258 e. The highest BCUT2D eigenvalue weighted by molar-refractivity contribution is 5.93. The number of benzene rings is 1. The third-order valence-corrected chi connectivity index (χ3v) is 4.62. The van der Waals surface area contributed by atoms with E-state index in [1.54, 1.807) is 41.1 Å². The van der Waals surface area contributed by atoms with Gasteiger partial charge in [-0.1, -0.05) is 44.2 Å². The minimum atomic E-state index is -1.26. The summed E-state index contributed by atoms with van der Waals surface area (Å²) >= 11 is 0. The molecule has 0 aliphatic carbocycles. The van der Waals surface area contributed by atoms with Crippen LogP contribution >= 0.6 is 0 Å². The van der Waals surface area contributed by atoms with Crippen LogP contribution in [0.15, 0.2) is 30.3 Å². The number of nitrogens with zero attached hydrogens (tertiary/aromatic N) is 2. The summed E-state index contributed by atoms with van der Waals surface area (Å²) in [5, 5.41) is 10.5. The number of aliphatic hydroxyl groups excluding tert-OH is 1. The molecular formula is C18H26N2O3. The average Bonchev–Trinajstić information content (AvgIpc) is 2.67. The molecule has 5 heteroatoms. The Balaban J connectivity index is 2.36. The van der Waals surface area contributed by atoms with Gasteiger partial charge in [0.25, 0.3) is 5.91 Å². The van der Waals surface area contributed by atoms with E-state index in [4.69, 9.17) is 0 Å². The van der Waals surface area contributed by atoms with Crippen LogP contribution in [0.25, 0.3) is 0 Å². The molecule has 126 valence electrons. The summed E-state index contributed by atoms with van der Waals surface area (Å²) in [4.78, 5) is 28.7. The molecule has 1 heterocycles. The van der Waals surface area contributed by atoms with E-state index >= 15 is 0 Å². The van der Waals surface area contributed by atoms with Crippen LogP contribution in [0.1, 0.15) is 45.8 Å². The summed E-state index contributed by atoms with van der Waals surface area (Å²) in [6, 6.07) is 8.30. The molecule has 23 heavy (non-hydrogen) atoms. The number of carbonyl (C=O) groups is 2. The Bertz CT molecular complexity index is 583. The first-order valence-corrected chi connectivity index (χ1v) is 8.01. The first-order valence-electron chi connectivity index (χ1n) is 8.01. The van der Waals surface area contributed by atoms with Gasteiger partial charge >= 0.3 is 0 Å². The molecular weight excluding hydrogens is 292 g/mol. The summed E-state index contributed by atoms with van der Waals surface area (Å²) in [5.41, 5.74) is -0.220. The molecule has 1 aromatic carbocycles. The number of rotatable bonds is 4. The van der Waals surface area contributed by atoms with Gasteiger partial charge in [-0.3, -0.25) is 9.59 Å². The summed E-state index contributed by atoms with van der Waals surface area (Å²) in [6.45, 7) is 7.71. The molecule has 5 nitrogen and oxygen atoms in total. The highest BCUT2D eigenvalue weighted by atomic mass is 16.3. The fraction of sp³-hybridized carbons (Fsp3) is 0.556. The van der Waals surface area contributed by atoms with Crippen LogP contribution in [-0.2, 0) is 9.59 Å². The second kappa shape index (κ2) is 6.32. The first-order chi connectivity index (χ1) is 10.7. The molecule has 0 bridgehead atoms. The van der Waals surface area contributed by atoms with E-state index in [9.17, 15) is 14.7 Å². The molecule has 2 rings (SSSR count). The van der Waals surface area contributed by atoms with Crippen LogP contribution in [0.4, 0.5) is 0 Å². The van der Waals surface area contributed by atoms with Crippen molar-refractivity contribution in [3.8, 4) is 0 Å². The quantitative estimate of drug-likeness (QED) is 0.925. The van der Waals surface area contributed by atoms with Gasteiger partial charge in [-0.05, 0) is 31.7 Å². The molecule has 0 saturated carbocycles. The van der Waals surface area contributed by atoms with E-state index in [0.717, 1.165) is 0 Å². The van der Waals surface area contributed by atoms with Crippen LogP contribution in [0.3, 0.4) is 0 Å². The molecule has 0 radical (unpaired) electrons. The van der Waals surface area contributed by atoms with Gasteiger partial charge in [0.05, 0.1) is 0 Å². The van der Waals surface area contributed by atoms with Gasteiger partial charge in [-0.25, -0.2) is 0 Å². The molecule has 1 aliphatic heterocycles. The van der Waals surface area contributed by atoms with Gasteiger partial charge in [0.2, 0.25) is 5.91 Å². The number of aliphatic hydroxyl groups is 1. The molecule has 1 N–H and O–H groups in total. The van der Waals surface area contributed by atoms with Gasteiger partial charge in [-0.2, -0.15) is 0 Å². The summed E-state index contributed by atoms with van der Waals surface area (Å²) in [5.74, 6) is -0.225. The molecule has 2 amide bonds.